The Morgan fingerprint density at radius 1 is 1.26 bits per heavy atom. The van der Waals surface area contributed by atoms with Crippen LogP contribution in [0.5, 0.6) is 0 Å². The van der Waals surface area contributed by atoms with Gasteiger partial charge in [0, 0.05) is 11.1 Å². The maximum atomic E-state index is 12.5. The Bertz CT molecular complexity index is 933. The molecule has 116 valence electrons. The van der Waals surface area contributed by atoms with E-state index in [1.54, 1.807) is 23.1 Å². The molecule has 0 saturated heterocycles. The predicted octanol–water partition coefficient (Wildman–Crippen LogP) is 2.43. The fourth-order valence-corrected chi connectivity index (χ4v) is 2.72. The minimum Gasteiger partial charge on any atom is -0.384 e. The van der Waals surface area contributed by atoms with Gasteiger partial charge < -0.3 is 10.7 Å². The molecule has 7 heteroatoms. The van der Waals surface area contributed by atoms with Crippen LogP contribution in [0.3, 0.4) is 0 Å². The molecule has 0 aliphatic carbocycles. The first-order valence-corrected chi connectivity index (χ1v) is 6.87. The zero-order valence-electron chi connectivity index (χ0n) is 12.0. The summed E-state index contributed by atoms with van der Waals surface area (Å²) in [5, 5.41) is 7.48. The number of hydrogen-bond acceptors (Lipinski definition) is 3. The first-order chi connectivity index (χ1) is 10.6. The van der Waals surface area contributed by atoms with Crippen LogP contribution in [0.4, 0.5) is 5.95 Å². The van der Waals surface area contributed by atoms with E-state index in [-0.39, 0.29) is 24.1 Å². The van der Waals surface area contributed by atoms with Crippen molar-refractivity contribution in [2.45, 2.75) is 6.54 Å². The van der Waals surface area contributed by atoms with Gasteiger partial charge in [-0.2, -0.15) is 0 Å². The molecule has 0 fully saturated rings. The van der Waals surface area contributed by atoms with Gasteiger partial charge in [-0.25, -0.2) is 4.98 Å². The molecule has 1 aliphatic rings. The smallest absolute Gasteiger partial charge is 0.261 e. The largest absolute Gasteiger partial charge is 0.384 e. The van der Waals surface area contributed by atoms with E-state index in [0.29, 0.717) is 23.6 Å². The van der Waals surface area contributed by atoms with Gasteiger partial charge in [0.05, 0.1) is 17.6 Å². The number of aromatic nitrogens is 2. The molecule has 0 bridgehead atoms. The number of fused-ring (bicyclic) bond motifs is 2. The highest BCUT2D eigenvalue weighted by Gasteiger charge is 2.29. The number of imidazole rings is 1. The van der Waals surface area contributed by atoms with Crippen molar-refractivity contribution in [3.63, 3.8) is 0 Å². The average molecular weight is 328 g/mol. The molecule has 1 amide bonds. The van der Waals surface area contributed by atoms with Crippen LogP contribution in [-0.4, -0.2) is 21.7 Å². The Hall–Kier alpha value is -2.86. The van der Waals surface area contributed by atoms with E-state index in [4.69, 9.17) is 11.1 Å². The van der Waals surface area contributed by atoms with E-state index in [0.717, 1.165) is 16.6 Å². The molecule has 2 aromatic carbocycles. The Kier molecular flexibility index (Phi) is 3.54. The monoisotopic (exact) mass is 327 g/mol. The highest BCUT2D eigenvalue weighted by molar-refractivity contribution is 6.09. The number of nitrogen functional groups attached to an aromatic ring is 1. The number of carbonyl (C=O) groups is 1. The van der Waals surface area contributed by atoms with Crippen LogP contribution in [-0.2, 0) is 6.54 Å². The SMILES string of the molecule is Cl.N=C(N)c1ccc2nc(N3Cc4ccccc4C3=O)[nH]c2c1. The van der Waals surface area contributed by atoms with Gasteiger partial charge in [0.25, 0.3) is 5.91 Å². The molecule has 0 spiro atoms. The topological polar surface area (TPSA) is 98.9 Å². The first kappa shape index (κ1) is 15.1. The maximum Gasteiger partial charge on any atom is 0.261 e. The Morgan fingerprint density at radius 3 is 2.78 bits per heavy atom. The molecule has 0 saturated carbocycles. The van der Waals surface area contributed by atoms with E-state index >= 15 is 0 Å². The van der Waals surface area contributed by atoms with Gasteiger partial charge in [-0.15, -0.1) is 12.4 Å². The summed E-state index contributed by atoms with van der Waals surface area (Å²) in [4.78, 5) is 21.7. The van der Waals surface area contributed by atoms with Gasteiger partial charge in [0.15, 0.2) is 0 Å². The molecule has 1 aromatic heterocycles. The van der Waals surface area contributed by atoms with Crippen LogP contribution in [0.1, 0.15) is 21.5 Å². The molecule has 23 heavy (non-hydrogen) atoms. The quantitative estimate of drug-likeness (QED) is 0.498. The Labute approximate surface area is 138 Å². The van der Waals surface area contributed by atoms with Crippen LogP contribution in [0, 0.1) is 5.41 Å². The zero-order chi connectivity index (χ0) is 15.3. The molecule has 1 aliphatic heterocycles. The van der Waals surface area contributed by atoms with E-state index in [2.05, 4.69) is 9.97 Å². The van der Waals surface area contributed by atoms with Gasteiger partial charge in [-0.05, 0) is 29.8 Å². The van der Waals surface area contributed by atoms with Crippen LogP contribution in [0.25, 0.3) is 11.0 Å². The summed E-state index contributed by atoms with van der Waals surface area (Å²) >= 11 is 0. The van der Waals surface area contributed by atoms with Crippen molar-refractivity contribution < 1.29 is 4.79 Å². The standard InChI is InChI=1S/C16H13N5O.ClH/c17-14(18)9-5-6-12-13(7-9)20-16(19-12)21-8-10-3-1-2-4-11(10)15(21)22;/h1-7H,8H2,(H3,17,18)(H,19,20);1H. The van der Waals surface area contributed by atoms with Crippen LogP contribution < -0.4 is 10.6 Å². The third-order valence-electron chi connectivity index (χ3n) is 3.86. The van der Waals surface area contributed by atoms with Gasteiger partial charge >= 0.3 is 0 Å². The summed E-state index contributed by atoms with van der Waals surface area (Å²) < 4.78 is 0. The summed E-state index contributed by atoms with van der Waals surface area (Å²) in [5.74, 6) is 0.459. The molecule has 3 aromatic rings. The Balaban J connectivity index is 0.00000156. The number of carbonyl (C=O) groups excluding carboxylic acids is 1. The van der Waals surface area contributed by atoms with E-state index in [1.165, 1.54) is 0 Å². The molecule has 0 unspecified atom stereocenters. The number of amidine groups is 1. The summed E-state index contributed by atoms with van der Waals surface area (Å²) in [7, 11) is 0. The highest BCUT2D eigenvalue weighted by Crippen LogP contribution is 2.28. The fourth-order valence-electron chi connectivity index (χ4n) is 2.72. The number of amides is 1. The molecule has 4 N–H and O–H groups in total. The first-order valence-electron chi connectivity index (χ1n) is 6.87. The van der Waals surface area contributed by atoms with Crippen LogP contribution in [0.2, 0.25) is 0 Å². The normalized spacial score (nSPS) is 13.0. The lowest BCUT2D eigenvalue weighted by molar-refractivity contribution is 0.0995. The van der Waals surface area contributed by atoms with Crippen molar-refractivity contribution in [1.82, 2.24) is 9.97 Å². The third-order valence-corrected chi connectivity index (χ3v) is 3.86. The van der Waals surface area contributed by atoms with E-state index < -0.39 is 0 Å². The number of benzene rings is 2. The van der Waals surface area contributed by atoms with E-state index in [1.807, 2.05) is 24.3 Å². The predicted molar refractivity (Wildman–Crippen MR) is 91.3 cm³/mol. The van der Waals surface area contributed by atoms with Gasteiger partial charge in [-0.3, -0.25) is 15.1 Å². The summed E-state index contributed by atoms with van der Waals surface area (Å²) in [6.45, 7) is 0.508. The molecular weight excluding hydrogens is 314 g/mol. The lowest BCUT2D eigenvalue weighted by Gasteiger charge is -2.10. The van der Waals surface area contributed by atoms with Gasteiger partial charge in [0.1, 0.15) is 5.84 Å². The number of H-pyrrole nitrogens is 1. The lowest BCUT2D eigenvalue weighted by Crippen LogP contribution is -2.24. The number of hydrogen-bond donors (Lipinski definition) is 3. The molecule has 0 atom stereocenters. The van der Waals surface area contributed by atoms with Crippen LogP contribution in [0.15, 0.2) is 42.5 Å². The fraction of sp³-hybridized carbons (Fsp3) is 0.0625. The number of halogens is 1. The summed E-state index contributed by atoms with van der Waals surface area (Å²) in [5.41, 5.74) is 9.33. The lowest BCUT2D eigenvalue weighted by atomic mass is 10.1. The second-order valence-electron chi connectivity index (χ2n) is 5.25. The number of nitrogens with one attached hydrogen (secondary N) is 2. The van der Waals surface area contributed by atoms with Crippen molar-refractivity contribution in [2.75, 3.05) is 4.90 Å². The second-order valence-corrected chi connectivity index (χ2v) is 5.25. The van der Waals surface area contributed by atoms with Crippen LogP contribution >= 0.6 is 12.4 Å². The molecule has 4 rings (SSSR count). The highest BCUT2D eigenvalue weighted by atomic mass is 35.5. The average Bonchev–Trinajstić information content (AvgIpc) is 3.08. The number of rotatable bonds is 2. The minimum absolute atomic E-state index is 0. The zero-order valence-corrected chi connectivity index (χ0v) is 12.9. The third kappa shape index (κ3) is 2.33. The maximum absolute atomic E-state index is 12.5. The Morgan fingerprint density at radius 2 is 2.04 bits per heavy atom. The molecule has 2 heterocycles. The molecule has 0 radical (unpaired) electrons. The number of nitrogens with two attached hydrogens (primary N) is 1. The number of anilines is 1. The van der Waals surface area contributed by atoms with E-state index in [9.17, 15) is 4.79 Å². The van der Waals surface area contributed by atoms with Crippen molar-refractivity contribution in [2.24, 2.45) is 5.73 Å². The summed E-state index contributed by atoms with van der Waals surface area (Å²) in [6.07, 6.45) is 0. The summed E-state index contributed by atoms with van der Waals surface area (Å²) in [6, 6.07) is 12.9. The van der Waals surface area contributed by atoms with Crippen molar-refractivity contribution in [3.05, 3.63) is 59.2 Å². The number of nitrogens with zero attached hydrogens (tertiary/aromatic N) is 2. The number of aromatic amines is 1. The van der Waals surface area contributed by atoms with Crippen molar-refractivity contribution >= 4 is 41.1 Å². The minimum atomic E-state index is -0.0542. The van der Waals surface area contributed by atoms with Crippen molar-refractivity contribution in [3.8, 4) is 0 Å². The van der Waals surface area contributed by atoms with Gasteiger partial charge in [0.2, 0.25) is 5.95 Å². The van der Waals surface area contributed by atoms with Gasteiger partial charge in [-0.1, -0.05) is 18.2 Å². The molecule has 6 nitrogen and oxygen atoms in total. The second kappa shape index (κ2) is 5.40. The van der Waals surface area contributed by atoms with Crippen molar-refractivity contribution in [1.29, 1.82) is 5.41 Å². The molecular formula is C16H14ClN5O.